The van der Waals surface area contributed by atoms with Gasteiger partial charge in [0.25, 0.3) is 0 Å². The molecule has 1 saturated carbocycles. The predicted octanol–water partition coefficient (Wildman–Crippen LogP) is 6.13. The van der Waals surface area contributed by atoms with Gasteiger partial charge in [0, 0.05) is 48.1 Å². The third-order valence-corrected chi connectivity index (χ3v) is 8.95. The Kier molecular flexibility index (Phi) is 7.78. The maximum absolute atomic E-state index is 10.0. The topological polar surface area (TPSA) is 136 Å². The number of nitrogens with one attached hydrogen (secondary N) is 2. The number of hydrogen-bond acceptors (Lipinski definition) is 9. The largest absolute Gasteiger partial charge is 0.493 e. The molecule has 220 valence electrons. The number of halogens is 2. The Bertz CT molecular complexity index is 1780. The first kappa shape index (κ1) is 29.0. The number of aryl methyl sites for hydroxylation is 1. The fraction of sp³-hybridized carbons (Fsp3) is 0.387. The van der Waals surface area contributed by atoms with Crippen LogP contribution >= 0.6 is 23.2 Å². The number of fused-ring (bicyclic) bond motifs is 1. The van der Waals surface area contributed by atoms with E-state index in [4.69, 9.17) is 32.7 Å². The van der Waals surface area contributed by atoms with Crippen LogP contribution in [0.3, 0.4) is 0 Å². The summed E-state index contributed by atoms with van der Waals surface area (Å²) in [6, 6.07) is 10.1. The van der Waals surface area contributed by atoms with Crippen LogP contribution in [0.15, 0.2) is 30.6 Å². The first-order chi connectivity index (χ1) is 20.8. The van der Waals surface area contributed by atoms with Gasteiger partial charge >= 0.3 is 0 Å². The number of nitriles is 2. The molecule has 1 aliphatic heterocycles. The summed E-state index contributed by atoms with van der Waals surface area (Å²) >= 11 is 13.0. The zero-order chi connectivity index (χ0) is 30.3. The number of rotatable bonds is 10. The van der Waals surface area contributed by atoms with Crippen LogP contribution in [-0.2, 0) is 0 Å². The highest BCUT2D eigenvalue weighted by molar-refractivity contribution is 6.36. The minimum atomic E-state index is -0.502. The summed E-state index contributed by atoms with van der Waals surface area (Å²) in [5.41, 5.74) is 3.50. The van der Waals surface area contributed by atoms with Crippen molar-refractivity contribution in [1.29, 1.82) is 10.5 Å². The normalized spacial score (nSPS) is 16.3. The van der Waals surface area contributed by atoms with E-state index in [-0.39, 0.29) is 5.54 Å². The lowest BCUT2D eigenvalue weighted by Gasteiger charge is -2.50. The molecule has 3 aromatic heterocycles. The molecule has 2 fully saturated rings. The van der Waals surface area contributed by atoms with Gasteiger partial charge in [-0.05, 0) is 51.3 Å². The smallest absolute Gasteiger partial charge is 0.162 e. The first-order valence-electron chi connectivity index (χ1n) is 14.1. The lowest BCUT2D eigenvalue weighted by molar-refractivity contribution is 0.216. The highest BCUT2D eigenvalue weighted by atomic mass is 35.5. The van der Waals surface area contributed by atoms with Crippen molar-refractivity contribution < 1.29 is 9.47 Å². The first-order valence-corrected chi connectivity index (χ1v) is 14.8. The number of pyridine rings is 2. The van der Waals surface area contributed by atoms with Crippen molar-refractivity contribution in [2.45, 2.75) is 44.8 Å². The van der Waals surface area contributed by atoms with Gasteiger partial charge in [-0.3, -0.25) is 10.1 Å². The Balaban J connectivity index is 1.28. The second kappa shape index (κ2) is 11.5. The van der Waals surface area contributed by atoms with Crippen molar-refractivity contribution in [1.82, 2.24) is 25.5 Å². The van der Waals surface area contributed by atoms with Gasteiger partial charge < -0.3 is 19.7 Å². The van der Waals surface area contributed by atoms with Crippen LogP contribution in [-0.4, -0.2) is 52.4 Å². The van der Waals surface area contributed by atoms with Gasteiger partial charge in [-0.25, -0.2) is 4.98 Å². The Hall–Kier alpha value is -4.09. The standard InChI is InChI=1S/C31H30Cl2N8O2/c1-17-28(33)27(23(32)14-36-17)18(2)43-26-9-22-24(10-25(26)42-3)39-40-29(22)21-8-20(11-35)30(37-13-21)41-15-31(16-41,6-7-34)38-12-19-4-5-19/h8-10,13-14,18-19,38H,4-6,12,15-16H2,1-3H3,(H,39,40)/t18-/m1/s1. The van der Waals surface area contributed by atoms with Crippen LogP contribution in [0.2, 0.25) is 10.0 Å². The quantitative estimate of drug-likeness (QED) is 0.216. The van der Waals surface area contributed by atoms with Gasteiger partial charge in [0.15, 0.2) is 11.5 Å². The van der Waals surface area contributed by atoms with Crippen LogP contribution in [0.1, 0.15) is 49.1 Å². The summed E-state index contributed by atoms with van der Waals surface area (Å²) < 4.78 is 12.0. The Morgan fingerprint density at radius 1 is 1.16 bits per heavy atom. The van der Waals surface area contributed by atoms with Crippen molar-refractivity contribution >= 4 is 39.9 Å². The maximum atomic E-state index is 10.0. The average Bonchev–Trinajstić information content (AvgIpc) is 3.73. The molecule has 4 aromatic rings. The zero-order valence-electron chi connectivity index (χ0n) is 24.0. The number of H-pyrrole nitrogens is 1. The molecule has 10 nitrogen and oxygen atoms in total. The van der Waals surface area contributed by atoms with E-state index < -0.39 is 6.10 Å². The van der Waals surface area contributed by atoms with Crippen molar-refractivity contribution in [3.63, 3.8) is 0 Å². The van der Waals surface area contributed by atoms with Gasteiger partial charge in [-0.15, -0.1) is 0 Å². The third kappa shape index (κ3) is 5.54. The van der Waals surface area contributed by atoms with E-state index >= 15 is 0 Å². The molecule has 1 saturated heterocycles. The molecule has 0 amide bonds. The zero-order valence-corrected chi connectivity index (χ0v) is 25.6. The molecule has 12 heteroatoms. The number of benzene rings is 1. The number of ether oxygens (including phenoxy) is 2. The monoisotopic (exact) mass is 616 g/mol. The molecule has 43 heavy (non-hydrogen) atoms. The summed E-state index contributed by atoms with van der Waals surface area (Å²) in [4.78, 5) is 10.9. The molecule has 2 aliphatic rings. The van der Waals surface area contributed by atoms with E-state index in [0.717, 1.165) is 17.4 Å². The number of nitrogens with zero attached hydrogens (tertiary/aromatic N) is 6. The van der Waals surface area contributed by atoms with E-state index in [1.54, 1.807) is 25.6 Å². The summed E-state index contributed by atoms with van der Waals surface area (Å²) in [6.07, 6.45) is 5.69. The molecular weight excluding hydrogens is 587 g/mol. The van der Waals surface area contributed by atoms with E-state index in [9.17, 15) is 10.5 Å². The molecule has 2 N–H and O–H groups in total. The van der Waals surface area contributed by atoms with Crippen LogP contribution in [0.4, 0.5) is 5.82 Å². The lowest BCUT2D eigenvalue weighted by Crippen LogP contribution is -2.69. The summed E-state index contributed by atoms with van der Waals surface area (Å²) in [5, 5.41) is 32.3. The van der Waals surface area contributed by atoms with Crippen LogP contribution in [0.25, 0.3) is 22.2 Å². The van der Waals surface area contributed by atoms with Crippen molar-refractivity contribution in [3.8, 4) is 34.9 Å². The molecular formula is C31H30Cl2N8O2. The van der Waals surface area contributed by atoms with Gasteiger partial charge in [-0.1, -0.05) is 23.2 Å². The van der Waals surface area contributed by atoms with Crippen LogP contribution < -0.4 is 19.7 Å². The second-order valence-corrected chi connectivity index (χ2v) is 12.1. The molecule has 4 heterocycles. The summed E-state index contributed by atoms with van der Waals surface area (Å²) in [5.74, 6) is 2.30. The van der Waals surface area contributed by atoms with Gasteiger partial charge in [-0.2, -0.15) is 15.6 Å². The van der Waals surface area contributed by atoms with Crippen molar-refractivity contribution in [2.24, 2.45) is 5.92 Å². The molecule has 0 spiro atoms. The maximum Gasteiger partial charge on any atom is 0.162 e. The van der Waals surface area contributed by atoms with E-state index in [2.05, 4.69) is 42.5 Å². The fourth-order valence-corrected chi connectivity index (χ4v) is 6.22. The van der Waals surface area contributed by atoms with Crippen molar-refractivity contribution in [3.05, 3.63) is 57.5 Å². The van der Waals surface area contributed by atoms with Gasteiger partial charge in [0.2, 0.25) is 0 Å². The van der Waals surface area contributed by atoms with E-state index in [1.165, 1.54) is 12.8 Å². The van der Waals surface area contributed by atoms with Crippen LogP contribution in [0, 0.1) is 35.5 Å². The van der Waals surface area contributed by atoms with Gasteiger partial charge in [0.1, 0.15) is 23.7 Å². The molecule has 1 aromatic carbocycles. The minimum Gasteiger partial charge on any atom is -0.493 e. The highest BCUT2D eigenvalue weighted by Crippen LogP contribution is 2.41. The number of methoxy groups -OCH3 is 1. The summed E-state index contributed by atoms with van der Waals surface area (Å²) in [7, 11) is 1.57. The SMILES string of the molecule is COc1cc2[nH]nc(-c3cnc(N4CC(CC#N)(NCC5CC5)C4)c(C#N)c3)c2cc1O[C@H](C)c1c(Cl)cnc(C)c1Cl. The molecule has 0 radical (unpaired) electrons. The van der Waals surface area contributed by atoms with Gasteiger partial charge in [0.05, 0.1) is 52.0 Å². The highest BCUT2D eigenvalue weighted by Gasteiger charge is 2.44. The Labute approximate surface area is 259 Å². The number of aromatic nitrogens is 4. The molecule has 1 atom stereocenters. The van der Waals surface area contributed by atoms with E-state index in [1.807, 2.05) is 26.0 Å². The minimum absolute atomic E-state index is 0.265. The van der Waals surface area contributed by atoms with Crippen molar-refractivity contribution in [2.75, 3.05) is 31.6 Å². The Morgan fingerprint density at radius 3 is 2.65 bits per heavy atom. The number of hydrogen-bond donors (Lipinski definition) is 2. The predicted molar refractivity (Wildman–Crippen MR) is 165 cm³/mol. The van der Waals surface area contributed by atoms with E-state index in [0.29, 0.717) is 80.9 Å². The third-order valence-electron chi connectivity index (χ3n) is 8.17. The fourth-order valence-electron chi connectivity index (χ4n) is 5.57. The second-order valence-electron chi connectivity index (χ2n) is 11.3. The molecule has 0 unspecified atom stereocenters. The number of anilines is 1. The molecule has 0 bridgehead atoms. The summed E-state index contributed by atoms with van der Waals surface area (Å²) in [6.45, 7) is 5.85. The molecule has 1 aliphatic carbocycles. The molecule has 6 rings (SSSR count). The van der Waals surface area contributed by atoms with Crippen LogP contribution in [0.5, 0.6) is 11.5 Å². The average molecular weight is 618 g/mol. The Morgan fingerprint density at radius 2 is 1.95 bits per heavy atom. The number of aromatic amines is 1. The lowest BCUT2D eigenvalue weighted by atomic mass is 9.86.